The van der Waals surface area contributed by atoms with Crippen molar-refractivity contribution >= 4 is 28.6 Å². The molecule has 0 heterocycles. The van der Waals surface area contributed by atoms with Crippen LogP contribution in [-0.4, -0.2) is 19.4 Å². The Morgan fingerprint density at radius 1 is 1.40 bits per heavy atom. The summed E-state index contributed by atoms with van der Waals surface area (Å²) in [6.45, 7) is 4.35. The number of hydrogen-bond acceptors (Lipinski definition) is 3. The summed E-state index contributed by atoms with van der Waals surface area (Å²) in [4.78, 5) is 11.5. The van der Waals surface area contributed by atoms with E-state index in [0.717, 1.165) is 9.13 Å². The molecule has 1 aromatic rings. The van der Waals surface area contributed by atoms with Crippen molar-refractivity contribution in [2.24, 2.45) is 0 Å². The second-order valence-electron chi connectivity index (χ2n) is 3.06. The Morgan fingerprint density at radius 3 is 2.73 bits per heavy atom. The molecule has 82 valence electrons. The predicted octanol–water partition coefficient (Wildman–Crippen LogP) is 2.75. The largest absolute Gasteiger partial charge is 0.435 e. The van der Waals surface area contributed by atoms with Gasteiger partial charge < -0.3 is 9.47 Å². The number of carbonyl (C=O) groups excluding carboxylic acids is 1. The Kier molecular flexibility index (Phi) is 5.04. The maximum atomic E-state index is 11.5. The van der Waals surface area contributed by atoms with E-state index in [4.69, 9.17) is 9.47 Å². The molecule has 1 aromatic carbocycles. The summed E-state index contributed by atoms with van der Waals surface area (Å²) in [6, 6.07) is 5.60. The molecular weight excluding hydrogens is 307 g/mol. The van der Waals surface area contributed by atoms with Crippen LogP contribution in [0, 0.1) is 10.5 Å². The minimum absolute atomic E-state index is 0.0137. The van der Waals surface area contributed by atoms with Gasteiger partial charge in [0.05, 0.1) is 5.56 Å². The van der Waals surface area contributed by atoms with E-state index in [1.54, 1.807) is 12.1 Å². The molecule has 0 aliphatic rings. The van der Waals surface area contributed by atoms with Gasteiger partial charge in [-0.2, -0.15) is 0 Å². The van der Waals surface area contributed by atoms with Crippen LogP contribution in [0.25, 0.3) is 0 Å². The number of halogens is 1. The number of benzene rings is 1. The molecule has 0 radical (unpaired) electrons. The zero-order chi connectivity index (χ0) is 11.3. The third kappa shape index (κ3) is 4.17. The number of ether oxygens (including phenoxy) is 2. The van der Waals surface area contributed by atoms with E-state index in [0.29, 0.717) is 12.2 Å². The Balaban J connectivity index is 2.65. The number of hydrogen-bond donors (Lipinski definition) is 0. The summed E-state index contributed by atoms with van der Waals surface area (Å²) in [7, 11) is 0. The molecule has 0 saturated heterocycles. The van der Waals surface area contributed by atoms with Gasteiger partial charge in [0.1, 0.15) is 0 Å². The fourth-order valence-corrected chi connectivity index (χ4v) is 1.94. The van der Waals surface area contributed by atoms with Crippen molar-refractivity contribution in [3.8, 4) is 0 Å². The highest BCUT2D eigenvalue weighted by Gasteiger charge is 2.07. The molecule has 0 saturated carbocycles. The van der Waals surface area contributed by atoms with Crippen molar-refractivity contribution in [1.29, 1.82) is 0 Å². The zero-order valence-electron chi connectivity index (χ0n) is 8.75. The van der Waals surface area contributed by atoms with Crippen molar-refractivity contribution in [3.63, 3.8) is 0 Å². The predicted molar refractivity (Wildman–Crippen MR) is 65.8 cm³/mol. The minimum atomic E-state index is -0.343. The van der Waals surface area contributed by atoms with Crippen LogP contribution in [0.1, 0.15) is 22.8 Å². The van der Waals surface area contributed by atoms with Crippen LogP contribution in [0.4, 0.5) is 0 Å². The highest BCUT2D eigenvalue weighted by molar-refractivity contribution is 14.1. The molecule has 0 aliphatic carbocycles. The number of rotatable bonds is 4. The van der Waals surface area contributed by atoms with E-state index in [1.807, 2.05) is 19.9 Å². The fraction of sp³-hybridized carbons (Fsp3) is 0.364. The molecule has 0 amide bonds. The third-order valence-electron chi connectivity index (χ3n) is 1.76. The van der Waals surface area contributed by atoms with E-state index in [2.05, 4.69) is 22.6 Å². The molecule has 0 aromatic heterocycles. The Morgan fingerprint density at radius 2 is 2.13 bits per heavy atom. The van der Waals surface area contributed by atoms with Crippen LogP contribution in [-0.2, 0) is 9.47 Å². The lowest BCUT2D eigenvalue weighted by Gasteiger charge is -2.05. The standard InChI is InChI=1S/C11H13IO3/c1-3-14-7-15-11(13)9-4-8(2)5-10(12)6-9/h4-6H,3,7H2,1-2H3. The van der Waals surface area contributed by atoms with Crippen molar-refractivity contribution < 1.29 is 14.3 Å². The summed E-state index contributed by atoms with van der Waals surface area (Å²) in [6.07, 6.45) is 0. The second kappa shape index (κ2) is 6.07. The summed E-state index contributed by atoms with van der Waals surface area (Å²) in [5.41, 5.74) is 1.62. The number of esters is 1. The molecule has 3 nitrogen and oxygen atoms in total. The molecule has 0 N–H and O–H groups in total. The van der Waals surface area contributed by atoms with E-state index in [9.17, 15) is 4.79 Å². The van der Waals surface area contributed by atoms with E-state index in [-0.39, 0.29) is 12.8 Å². The molecule has 0 fully saturated rings. The maximum Gasteiger partial charge on any atom is 0.340 e. The van der Waals surface area contributed by atoms with Gasteiger partial charge in [0.2, 0.25) is 0 Å². The third-order valence-corrected chi connectivity index (χ3v) is 2.38. The summed E-state index contributed by atoms with van der Waals surface area (Å²) in [5.74, 6) is -0.343. The Labute approximate surface area is 103 Å². The molecule has 0 bridgehead atoms. The first kappa shape index (κ1) is 12.4. The van der Waals surface area contributed by atoms with Gasteiger partial charge in [0.15, 0.2) is 6.79 Å². The zero-order valence-corrected chi connectivity index (χ0v) is 10.9. The first-order valence-electron chi connectivity index (χ1n) is 4.65. The highest BCUT2D eigenvalue weighted by Crippen LogP contribution is 2.12. The van der Waals surface area contributed by atoms with Crippen LogP contribution < -0.4 is 0 Å². The van der Waals surface area contributed by atoms with Crippen LogP contribution >= 0.6 is 22.6 Å². The first-order valence-corrected chi connectivity index (χ1v) is 5.73. The van der Waals surface area contributed by atoms with E-state index in [1.165, 1.54) is 0 Å². The highest BCUT2D eigenvalue weighted by atomic mass is 127. The van der Waals surface area contributed by atoms with Crippen molar-refractivity contribution in [1.82, 2.24) is 0 Å². The lowest BCUT2D eigenvalue weighted by atomic mass is 10.1. The van der Waals surface area contributed by atoms with Gasteiger partial charge in [-0.1, -0.05) is 0 Å². The number of carbonyl (C=O) groups is 1. The smallest absolute Gasteiger partial charge is 0.340 e. The Hall–Kier alpha value is -0.620. The summed E-state index contributed by atoms with van der Waals surface area (Å²) < 4.78 is 10.9. The van der Waals surface area contributed by atoms with Gasteiger partial charge in [-0.15, -0.1) is 0 Å². The number of aryl methyl sites for hydroxylation is 1. The molecule has 1 rings (SSSR count). The molecular formula is C11H13IO3. The lowest BCUT2D eigenvalue weighted by Crippen LogP contribution is -2.09. The maximum absolute atomic E-state index is 11.5. The van der Waals surface area contributed by atoms with E-state index < -0.39 is 0 Å². The second-order valence-corrected chi connectivity index (χ2v) is 4.31. The van der Waals surface area contributed by atoms with Crippen molar-refractivity contribution in [2.45, 2.75) is 13.8 Å². The van der Waals surface area contributed by atoms with Gasteiger partial charge in [0, 0.05) is 10.2 Å². The van der Waals surface area contributed by atoms with Gasteiger partial charge in [-0.05, 0) is 60.2 Å². The van der Waals surface area contributed by atoms with Gasteiger partial charge in [-0.25, -0.2) is 4.79 Å². The summed E-state index contributed by atoms with van der Waals surface area (Å²) >= 11 is 2.17. The quantitative estimate of drug-likeness (QED) is 0.370. The minimum Gasteiger partial charge on any atom is -0.435 e. The first-order chi connectivity index (χ1) is 7.13. The normalized spacial score (nSPS) is 10.1. The molecule has 15 heavy (non-hydrogen) atoms. The molecule has 0 unspecified atom stereocenters. The monoisotopic (exact) mass is 320 g/mol. The lowest BCUT2D eigenvalue weighted by molar-refractivity contribution is -0.0274. The summed E-state index contributed by atoms with van der Waals surface area (Å²) in [5, 5.41) is 0. The average molecular weight is 320 g/mol. The molecule has 0 spiro atoms. The van der Waals surface area contributed by atoms with Gasteiger partial charge in [0.25, 0.3) is 0 Å². The van der Waals surface area contributed by atoms with Crippen molar-refractivity contribution in [2.75, 3.05) is 13.4 Å². The molecule has 4 heteroatoms. The SMILES string of the molecule is CCOCOC(=O)c1cc(C)cc(I)c1. The average Bonchev–Trinajstić information content (AvgIpc) is 2.16. The fourth-order valence-electron chi connectivity index (χ4n) is 1.12. The van der Waals surface area contributed by atoms with Crippen LogP contribution in [0.3, 0.4) is 0 Å². The van der Waals surface area contributed by atoms with Crippen LogP contribution in [0.5, 0.6) is 0 Å². The Bertz CT molecular complexity index is 329. The van der Waals surface area contributed by atoms with Crippen molar-refractivity contribution in [3.05, 3.63) is 32.9 Å². The molecule has 0 atom stereocenters. The topological polar surface area (TPSA) is 35.5 Å². The van der Waals surface area contributed by atoms with Gasteiger partial charge in [-0.3, -0.25) is 0 Å². The van der Waals surface area contributed by atoms with Crippen LogP contribution in [0.15, 0.2) is 18.2 Å². The van der Waals surface area contributed by atoms with E-state index >= 15 is 0 Å². The molecule has 0 aliphatic heterocycles. The van der Waals surface area contributed by atoms with Gasteiger partial charge >= 0.3 is 5.97 Å². The van der Waals surface area contributed by atoms with Crippen LogP contribution in [0.2, 0.25) is 0 Å².